The Bertz CT molecular complexity index is 797. The summed E-state index contributed by atoms with van der Waals surface area (Å²) < 4.78 is 0. The second-order valence-corrected chi connectivity index (χ2v) is 8.43. The van der Waals surface area contributed by atoms with E-state index in [0.717, 1.165) is 29.8 Å². The van der Waals surface area contributed by atoms with Crippen LogP contribution in [0.15, 0.2) is 24.5 Å². The van der Waals surface area contributed by atoms with Crippen LogP contribution in [0.1, 0.15) is 40.4 Å². The lowest BCUT2D eigenvalue weighted by molar-refractivity contribution is -0.129. The van der Waals surface area contributed by atoms with Crippen molar-refractivity contribution < 1.29 is 9.59 Å². The van der Waals surface area contributed by atoms with Crippen LogP contribution in [0.2, 0.25) is 0 Å². The van der Waals surface area contributed by atoms with E-state index in [1.807, 2.05) is 12.1 Å². The highest BCUT2D eigenvalue weighted by molar-refractivity contribution is 7.11. The molecule has 1 aliphatic carbocycles. The molecular formula is C20H24N4O2S. The summed E-state index contributed by atoms with van der Waals surface area (Å²) in [6, 6.07) is 3.80. The summed E-state index contributed by atoms with van der Waals surface area (Å²) in [6.07, 6.45) is 9.26. The molecule has 0 spiro atoms. The number of thiazole rings is 1. The minimum Gasteiger partial charge on any atom is -0.355 e. The molecular weight excluding hydrogens is 360 g/mol. The molecule has 27 heavy (non-hydrogen) atoms. The van der Waals surface area contributed by atoms with E-state index >= 15 is 0 Å². The first-order valence-corrected chi connectivity index (χ1v) is 10.4. The molecule has 1 unspecified atom stereocenters. The number of hydrogen-bond donors (Lipinski definition) is 1. The zero-order valence-corrected chi connectivity index (χ0v) is 16.1. The predicted octanol–water partition coefficient (Wildman–Crippen LogP) is 2.12. The van der Waals surface area contributed by atoms with Gasteiger partial charge in [0.2, 0.25) is 11.8 Å². The molecule has 3 heterocycles. The first kappa shape index (κ1) is 18.1. The second kappa shape index (κ2) is 8.17. The minimum atomic E-state index is -0.265. The molecule has 2 aromatic rings. The molecule has 0 bridgehead atoms. The Kier molecular flexibility index (Phi) is 5.48. The molecule has 4 rings (SSSR count). The van der Waals surface area contributed by atoms with Crippen LogP contribution in [0.3, 0.4) is 0 Å². The van der Waals surface area contributed by atoms with Crippen LogP contribution in [0.5, 0.6) is 0 Å². The van der Waals surface area contributed by atoms with Crippen molar-refractivity contribution in [1.82, 2.24) is 20.2 Å². The van der Waals surface area contributed by atoms with Crippen molar-refractivity contribution >= 4 is 23.2 Å². The number of fused-ring (bicyclic) bond motifs is 1. The van der Waals surface area contributed by atoms with E-state index in [1.54, 1.807) is 28.6 Å². The molecule has 1 atom stereocenters. The average molecular weight is 385 g/mol. The summed E-state index contributed by atoms with van der Waals surface area (Å²) >= 11 is 1.79. The average Bonchev–Trinajstić information content (AvgIpc) is 3.26. The number of hydrogen-bond acceptors (Lipinski definition) is 5. The van der Waals surface area contributed by atoms with Crippen LogP contribution in [0, 0.1) is 5.92 Å². The van der Waals surface area contributed by atoms with Gasteiger partial charge >= 0.3 is 0 Å². The summed E-state index contributed by atoms with van der Waals surface area (Å²) in [5, 5.41) is 4.11. The minimum absolute atomic E-state index is 0.0293. The van der Waals surface area contributed by atoms with Crippen molar-refractivity contribution in [2.45, 2.75) is 45.1 Å². The molecule has 1 fully saturated rings. The highest BCUT2D eigenvalue weighted by Gasteiger charge is 2.34. The van der Waals surface area contributed by atoms with E-state index in [-0.39, 0.29) is 24.2 Å². The summed E-state index contributed by atoms with van der Waals surface area (Å²) in [6.45, 7) is 1.57. The fraction of sp³-hybridized carbons (Fsp3) is 0.500. The predicted molar refractivity (Wildman–Crippen MR) is 103 cm³/mol. The van der Waals surface area contributed by atoms with Crippen molar-refractivity contribution in [2.24, 2.45) is 5.92 Å². The lowest BCUT2D eigenvalue weighted by atomic mass is 10.0. The van der Waals surface area contributed by atoms with E-state index in [1.165, 1.54) is 23.4 Å². The number of aryl methyl sites for hydroxylation is 2. The van der Waals surface area contributed by atoms with Crippen molar-refractivity contribution in [3.05, 3.63) is 45.7 Å². The van der Waals surface area contributed by atoms with Crippen molar-refractivity contribution in [3.63, 3.8) is 0 Å². The Hall–Kier alpha value is -2.28. The van der Waals surface area contributed by atoms with Crippen LogP contribution >= 0.6 is 11.3 Å². The third-order valence-corrected chi connectivity index (χ3v) is 6.43. The maximum Gasteiger partial charge on any atom is 0.225 e. The van der Waals surface area contributed by atoms with Crippen LogP contribution in [-0.4, -0.2) is 39.8 Å². The first-order valence-electron chi connectivity index (χ1n) is 9.61. The van der Waals surface area contributed by atoms with Gasteiger partial charge in [-0.2, -0.15) is 0 Å². The van der Waals surface area contributed by atoms with Gasteiger partial charge < -0.3 is 10.2 Å². The Balaban J connectivity index is 1.25. The Morgan fingerprint density at radius 2 is 2.22 bits per heavy atom. The molecule has 0 saturated carbocycles. The van der Waals surface area contributed by atoms with Gasteiger partial charge in [0.15, 0.2) is 0 Å². The molecule has 2 amide bonds. The maximum atomic E-state index is 12.5. The fourth-order valence-electron chi connectivity index (χ4n) is 3.76. The Morgan fingerprint density at radius 1 is 1.33 bits per heavy atom. The summed E-state index contributed by atoms with van der Waals surface area (Å²) in [4.78, 5) is 36.6. The SMILES string of the molecule is O=C(NCCc1nc2c(s1)CCCC2)C1CC(=O)N(Cc2cccnc2)C1. The molecule has 1 saturated heterocycles. The van der Waals surface area contributed by atoms with Gasteiger partial charge in [0.1, 0.15) is 0 Å². The van der Waals surface area contributed by atoms with Crippen molar-refractivity contribution in [1.29, 1.82) is 0 Å². The molecule has 7 heteroatoms. The number of nitrogens with zero attached hydrogens (tertiary/aromatic N) is 3. The molecule has 6 nitrogen and oxygen atoms in total. The highest BCUT2D eigenvalue weighted by Crippen LogP contribution is 2.27. The highest BCUT2D eigenvalue weighted by atomic mass is 32.1. The van der Waals surface area contributed by atoms with Gasteiger partial charge in [0, 0.05) is 49.7 Å². The number of carbonyl (C=O) groups excluding carboxylic acids is 2. The van der Waals surface area contributed by atoms with Gasteiger partial charge in [-0.05, 0) is 37.3 Å². The Morgan fingerprint density at radius 3 is 3.04 bits per heavy atom. The third kappa shape index (κ3) is 4.35. The zero-order chi connectivity index (χ0) is 18.6. The van der Waals surface area contributed by atoms with Gasteiger partial charge in [-0.15, -0.1) is 11.3 Å². The van der Waals surface area contributed by atoms with Crippen LogP contribution in [0.25, 0.3) is 0 Å². The van der Waals surface area contributed by atoms with E-state index < -0.39 is 0 Å². The number of rotatable bonds is 6. The van der Waals surface area contributed by atoms with Crippen LogP contribution in [0.4, 0.5) is 0 Å². The molecule has 1 aliphatic heterocycles. The van der Waals surface area contributed by atoms with E-state index in [4.69, 9.17) is 4.98 Å². The molecule has 142 valence electrons. The zero-order valence-electron chi connectivity index (χ0n) is 15.3. The molecule has 0 aromatic carbocycles. The van der Waals surface area contributed by atoms with E-state index in [2.05, 4.69) is 10.3 Å². The Labute approximate surface area is 163 Å². The third-order valence-electron chi connectivity index (χ3n) is 5.21. The smallest absolute Gasteiger partial charge is 0.225 e. The maximum absolute atomic E-state index is 12.5. The normalized spacial score (nSPS) is 19.2. The van der Waals surface area contributed by atoms with Gasteiger partial charge in [-0.1, -0.05) is 6.07 Å². The number of nitrogens with one attached hydrogen (secondary N) is 1. The topological polar surface area (TPSA) is 75.2 Å². The molecule has 2 aromatic heterocycles. The standard InChI is InChI=1S/C20H24N4O2S/c25-19-10-15(13-24(19)12-14-4-3-8-21-11-14)20(26)22-9-7-18-23-16-5-1-2-6-17(16)27-18/h3-4,8,11,15H,1-2,5-7,9-10,12-13H2,(H,22,26). The second-order valence-electron chi connectivity index (χ2n) is 7.26. The largest absolute Gasteiger partial charge is 0.355 e. The van der Waals surface area contributed by atoms with E-state index in [0.29, 0.717) is 19.6 Å². The van der Waals surface area contributed by atoms with Gasteiger partial charge in [0.05, 0.1) is 16.6 Å². The summed E-state index contributed by atoms with van der Waals surface area (Å²) in [5.41, 5.74) is 2.25. The van der Waals surface area contributed by atoms with Crippen molar-refractivity contribution in [3.8, 4) is 0 Å². The van der Waals surface area contributed by atoms with Gasteiger partial charge in [0.25, 0.3) is 0 Å². The van der Waals surface area contributed by atoms with Crippen LogP contribution < -0.4 is 5.32 Å². The number of pyridine rings is 1. The first-order chi connectivity index (χ1) is 13.2. The summed E-state index contributed by atoms with van der Waals surface area (Å²) in [7, 11) is 0. The monoisotopic (exact) mass is 384 g/mol. The molecule has 1 N–H and O–H groups in total. The number of aromatic nitrogens is 2. The molecule has 2 aliphatic rings. The molecule has 0 radical (unpaired) electrons. The number of amides is 2. The van der Waals surface area contributed by atoms with E-state index in [9.17, 15) is 9.59 Å². The lowest BCUT2D eigenvalue weighted by Gasteiger charge is -2.16. The quantitative estimate of drug-likeness (QED) is 0.828. The summed E-state index contributed by atoms with van der Waals surface area (Å²) in [5.74, 6) is -0.261. The van der Waals surface area contributed by atoms with Crippen molar-refractivity contribution in [2.75, 3.05) is 13.1 Å². The lowest BCUT2D eigenvalue weighted by Crippen LogP contribution is -2.34. The number of carbonyl (C=O) groups is 2. The van der Waals surface area contributed by atoms with Gasteiger partial charge in [-0.25, -0.2) is 4.98 Å². The van der Waals surface area contributed by atoms with Gasteiger partial charge in [-0.3, -0.25) is 14.6 Å². The number of likely N-dealkylation sites (tertiary alicyclic amines) is 1. The fourth-order valence-corrected chi connectivity index (χ4v) is 4.92. The van der Waals surface area contributed by atoms with Crippen LogP contribution in [-0.2, 0) is 35.4 Å².